The number of likely N-dealkylation sites (tertiary alicyclic amines) is 1. The van der Waals surface area contributed by atoms with Gasteiger partial charge in [-0.2, -0.15) is 0 Å². The third kappa shape index (κ3) is 3.48. The van der Waals surface area contributed by atoms with Crippen LogP contribution < -0.4 is 5.32 Å². The van der Waals surface area contributed by atoms with Gasteiger partial charge in [0.15, 0.2) is 0 Å². The zero-order valence-corrected chi connectivity index (χ0v) is 12.4. The molecule has 1 aromatic rings. The van der Waals surface area contributed by atoms with Crippen LogP contribution in [0.2, 0.25) is 0 Å². The SMILES string of the molecule is Cc1nc(NCC2(C)CCN(C)CC2)ccc1C(=O)O. The van der Waals surface area contributed by atoms with E-state index in [1.807, 2.05) is 0 Å². The molecule has 0 aliphatic carbocycles. The van der Waals surface area contributed by atoms with Crippen molar-refractivity contribution >= 4 is 11.8 Å². The van der Waals surface area contributed by atoms with Crippen LogP contribution in [0.15, 0.2) is 12.1 Å². The Kier molecular flexibility index (Phi) is 4.28. The molecule has 0 spiro atoms. The Morgan fingerprint density at radius 3 is 2.65 bits per heavy atom. The molecule has 5 nitrogen and oxygen atoms in total. The number of hydrogen-bond donors (Lipinski definition) is 2. The van der Waals surface area contributed by atoms with Gasteiger partial charge in [0, 0.05) is 6.54 Å². The first-order chi connectivity index (χ1) is 9.39. The molecule has 1 aromatic heterocycles. The average Bonchev–Trinajstić information content (AvgIpc) is 2.40. The Hall–Kier alpha value is -1.62. The summed E-state index contributed by atoms with van der Waals surface area (Å²) in [6.07, 6.45) is 2.34. The number of rotatable bonds is 4. The lowest BCUT2D eigenvalue weighted by Gasteiger charge is -2.38. The first-order valence-electron chi connectivity index (χ1n) is 7.03. The Bertz CT molecular complexity index is 494. The number of aryl methyl sites for hydroxylation is 1. The second-order valence-electron chi connectivity index (χ2n) is 6.10. The van der Waals surface area contributed by atoms with E-state index in [2.05, 4.69) is 29.2 Å². The molecule has 2 rings (SSSR count). The second kappa shape index (κ2) is 5.79. The third-order valence-corrected chi connectivity index (χ3v) is 4.21. The molecule has 0 radical (unpaired) electrons. The fourth-order valence-corrected chi connectivity index (χ4v) is 2.52. The molecule has 0 amide bonds. The molecule has 1 aliphatic heterocycles. The van der Waals surface area contributed by atoms with Gasteiger partial charge in [0.25, 0.3) is 0 Å². The smallest absolute Gasteiger partial charge is 0.337 e. The monoisotopic (exact) mass is 277 g/mol. The van der Waals surface area contributed by atoms with E-state index in [0.717, 1.165) is 25.5 Å². The molecule has 5 heteroatoms. The van der Waals surface area contributed by atoms with Gasteiger partial charge in [0.05, 0.1) is 11.3 Å². The fourth-order valence-electron chi connectivity index (χ4n) is 2.52. The van der Waals surface area contributed by atoms with Crippen molar-refractivity contribution in [1.29, 1.82) is 0 Å². The molecule has 110 valence electrons. The number of nitrogens with one attached hydrogen (secondary N) is 1. The van der Waals surface area contributed by atoms with Gasteiger partial charge in [0.1, 0.15) is 5.82 Å². The van der Waals surface area contributed by atoms with Gasteiger partial charge in [-0.25, -0.2) is 9.78 Å². The van der Waals surface area contributed by atoms with Crippen LogP contribution in [0.5, 0.6) is 0 Å². The third-order valence-electron chi connectivity index (χ3n) is 4.21. The number of anilines is 1. The van der Waals surface area contributed by atoms with Crippen molar-refractivity contribution in [3.05, 3.63) is 23.4 Å². The summed E-state index contributed by atoms with van der Waals surface area (Å²) in [4.78, 5) is 17.6. The van der Waals surface area contributed by atoms with Crippen molar-refractivity contribution in [3.63, 3.8) is 0 Å². The van der Waals surface area contributed by atoms with Crippen LogP contribution in [-0.4, -0.2) is 47.6 Å². The van der Waals surface area contributed by atoms with Crippen molar-refractivity contribution in [2.45, 2.75) is 26.7 Å². The van der Waals surface area contributed by atoms with E-state index in [4.69, 9.17) is 5.11 Å². The van der Waals surface area contributed by atoms with Crippen LogP contribution in [0.4, 0.5) is 5.82 Å². The Labute approximate surface area is 120 Å². The number of aromatic carboxylic acids is 1. The number of pyridine rings is 1. The highest BCUT2D eigenvalue weighted by atomic mass is 16.4. The van der Waals surface area contributed by atoms with Crippen LogP contribution in [0.25, 0.3) is 0 Å². The second-order valence-corrected chi connectivity index (χ2v) is 6.10. The van der Waals surface area contributed by atoms with Crippen molar-refractivity contribution in [2.75, 3.05) is 32.0 Å². The highest BCUT2D eigenvalue weighted by Crippen LogP contribution is 2.30. The normalized spacial score (nSPS) is 18.8. The fraction of sp³-hybridized carbons (Fsp3) is 0.600. The van der Waals surface area contributed by atoms with Crippen molar-refractivity contribution in [3.8, 4) is 0 Å². The van der Waals surface area contributed by atoms with Gasteiger partial charge in [-0.05, 0) is 57.5 Å². The molecule has 0 saturated carbocycles. The summed E-state index contributed by atoms with van der Waals surface area (Å²) in [5, 5.41) is 12.3. The number of nitrogens with zero attached hydrogens (tertiary/aromatic N) is 2. The molecule has 0 atom stereocenters. The van der Waals surface area contributed by atoms with E-state index in [1.54, 1.807) is 19.1 Å². The summed E-state index contributed by atoms with van der Waals surface area (Å²) in [7, 11) is 2.16. The van der Waals surface area contributed by atoms with Crippen molar-refractivity contribution < 1.29 is 9.90 Å². The maximum absolute atomic E-state index is 11.0. The first-order valence-corrected chi connectivity index (χ1v) is 7.03. The minimum Gasteiger partial charge on any atom is -0.478 e. The predicted octanol–water partition coefficient (Wildman–Crippen LogP) is 2.23. The van der Waals surface area contributed by atoms with Crippen molar-refractivity contribution in [1.82, 2.24) is 9.88 Å². The van der Waals surface area contributed by atoms with E-state index >= 15 is 0 Å². The van der Waals surface area contributed by atoms with Crippen LogP contribution in [0.1, 0.15) is 35.8 Å². The molecule has 0 unspecified atom stereocenters. The van der Waals surface area contributed by atoms with Gasteiger partial charge in [-0.15, -0.1) is 0 Å². The lowest BCUT2D eigenvalue weighted by atomic mass is 9.80. The standard InChI is InChI=1S/C15H23N3O2/c1-11-12(14(19)20)4-5-13(17-11)16-10-15(2)6-8-18(3)9-7-15/h4-5H,6-10H2,1-3H3,(H,16,17)(H,19,20). The first kappa shape index (κ1) is 14.8. The molecule has 20 heavy (non-hydrogen) atoms. The Morgan fingerprint density at radius 2 is 2.10 bits per heavy atom. The molecular formula is C15H23N3O2. The summed E-state index contributed by atoms with van der Waals surface area (Å²) in [5.41, 5.74) is 1.10. The maximum atomic E-state index is 11.0. The number of carboxylic acids is 1. The Balaban J connectivity index is 1.97. The van der Waals surface area contributed by atoms with Gasteiger partial charge in [0.2, 0.25) is 0 Å². The van der Waals surface area contributed by atoms with Gasteiger partial charge in [-0.3, -0.25) is 0 Å². The molecule has 1 fully saturated rings. The van der Waals surface area contributed by atoms with E-state index in [9.17, 15) is 4.79 Å². The van der Waals surface area contributed by atoms with E-state index < -0.39 is 5.97 Å². The summed E-state index contributed by atoms with van der Waals surface area (Å²) in [6.45, 7) is 7.16. The number of carbonyl (C=O) groups is 1. The van der Waals surface area contributed by atoms with Crippen LogP contribution >= 0.6 is 0 Å². The van der Waals surface area contributed by atoms with Crippen LogP contribution in [-0.2, 0) is 0 Å². The lowest BCUT2D eigenvalue weighted by molar-refractivity contribution is 0.0695. The molecule has 1 aliphatic rings. The quantitative estimate of drug-likeness (QED) is 0.883. The summed E-state index contributed by atoms with van der Waals surface area (Å²) in [6, 6.07) is 3.36. The summed E-state index contributed by atoms with van der Waals surface area (Å²) in [5.74, 6) is -0.170. The van der Waals surface area contributed by atoms with E-state index in [-0.39, 0.29) is 11.0 Å². The molecule has 0 bridgehead atoms. The zero-order chi connectivity index (χ0) is 14.8. The van der Waals surface area contributed by atoms with Gasteiger partial charge >= 0.3 is 5.97 Å². The molecular weight excluding hydrogens is 254 g/mol. The summed E-state index contributed by atoms with van der Waals surface area (Å²) < 4.78 is 0. The van der Waals surface area contributed by atoms with Crippen molar-refractivity contribution in [2.24, 2.45) is 5.41 Å². The van der Waals surface area contributed by atoms with E-state index in [0.29, 0.717) is 5.69 Å². The van der Waals surface area contributed by atoms with Gasteiger partial charge < -0.3 is 15.3 Å². The van der Waals surface area contributed by atoms with Crippen LogP contribution in [0, 0.1) is 12.3 Å². The predicted molar refractivity (Wildman–Crippen MR) is 79.3 cm³/mol. The number of carboxylic acid groups (broad SMARTS) is 1. The van der Waals surface area contributed by atoms with E-state index in [1.165, 1.54) is 12.8 Å². The molecule has 2 heterocycles. The lowest BCUT2D eigenvalue weighted by Crippen LogP contribution is -2.40. The minimum atomic E-state index is -0.927. The topological polar surface area (TPSA) is 65.5 Å². The van der Waals surface area contributed by atoms with Gasteiger partial charge in [-0.1, -0.05) is 6.92 Å². The number of piperidine rings is 1. The maximum Gasteiger partial charge on any atom is 0.337 e. The van der Waals surface area contributed by atoms with Crippen LogP contribution in [0.3, 0.4) is 0 Å². The zero-order valence-electron chi connectivity index (χ0n) is 12.4. The molecule has 1 saturated heterocycles. The average molecular weight is 277 g/mol. The highest BCUT2D eigenvalue weighted by molar-refractivity contribution is 5.89. The number of aromatic nitrogens is 1. The minimum absolute atomic E-state index is 0.265. The largest absolute Gasteiger partial charge is 0.478 e. The Morgan fingerprint density at radius 1 is 1.45 bits per heavy atom. The summed E-state index contributed by atoms with van der Waals surface area (Å²) >= 11 is 0. The number of hydrogen-bond acceptors (Lipinski definition) is 4. The molecule has 0 aromatic carbocycles. The highest BCUT2D eigenvalue weighted by Gasteiger charge is 2.28. The molecule has 2 N–H and O–H groups in total.